The highest BCUT2D eigenvalue weighted by molar-refractivity contribution is 6.27. The summed E-state index contributed by atoms with van der Waals surface area (Å²) in [6.07, 6.45) is 3.44. The Morgan fingerprint density at radius 1 is 1.00 bits per heavy atom. The van der Waals surface area contributed by atoms with Crippen LogP contribution in [0.5, 0.6) is 0 Å². The van der Waals surface area contributed by atoms with E-state index in [1.54, 1.807) is 17.3 Å². The van der Waals surface area contributed by atoms with E-state index in [1.807, 2.05) is 44.2 Å². The molecule has 0 atom stereocenters. The van der Waals surface area contributed by atoms with Gasteiger partial charge in [0.15, 0.2) is 0 Å². The predicted octanol–water partition coefficient (Wildman–Crippen LogP) is 3.54. The van der Waals surface area contributed by atoms with Gasteiger partial charge in [-0.05, 0) is 32.0 Å². The maximum Gasteiger partial charge on any atom is 0.265 e. The Morgan fingerprint density at radius 3 is 2.67 bits per heavy atom. The third-order valence-electron chi connectivity index (χ3n) is 3.87. The van der Waals surface area contributed by atoms with Gasteiger partial charge in [-0.15, -0.1) is 0 Å². The molecule has 0 N–H and O–H groups in total. The van der Waals surface area contributed by atoms with Crippen LogP contribution in [-0.2, 0) is 0 Å². The largest absolute Gasteiger partial charge is 0.274 e. The number of rotatable bonds is 1. The van der Waals surface area contributed by atoms with Gasteiger partial charge in [0.1, 0.15) is 0 Å². The van der Waals surface area contributed by atoms with Gasteiger partial charge in [-0.1, -0.05) is 12.1 Å². The standard InChI is InChI=1S/C17H13N3O/c1-10-6-7-14(11(2)19-10)20-15-5-3-4-12-8-18-9-13(16(12)15)17(20)21/h3-9H,1-2H3. The maximum atomic E-state index is 12.8. The smallest absolute Gasteiger partial charge is 0.265 e. The molecule has 0 fully saturated rings. The monoisotopic (exact) mass is 275 g/mol. The van der Waals surface area contributed by atoms with Crippen molar-refractivity contribution in [3.05, 3.63) is 59.7 Å². The second-order valence-corrected chi connectivity index (χ2v) is 5.26. The number of benzene rings is 1. The van der Waals surface area contributed by atoms with Crippen LogP contribution in [0.25, 0.3) is 10.8 Å². The van der Waals surface area contributed by atoms with Crippen LogP contribution in [0.4, 0.5) is 11.4 Å². The molecule has 3 heterocycles. The molecule has 4 rings (SSSR count). The summed E-state index contributed by atoms with van der Waals surface area (Å²) < 4.78 is 0. The van der Waals surface area contributed by atoms with Crippen LogP contribution in [0.3, 0.4) is 0 Å². The van der Waals surface area contributed by atoms with Gasteiger partial charge in [0.2, 0.25) is 0 Å². The van der Waals surface area contributed by atoms with Crippen molar-refractivity contribution in [3.63, 3.8) is 0 Å². The minimum absolute atomic E-state index is 0.0388. The number of hydrogen-bond donors (Lipinski definition) is 0. The van der Waals surface area contributed by atoms with Crippen molar-refractivity contribution in [3.8, 4) is 0 Å². The number of carbonyl (C=O) groups excluding carboxylic acids is 1. The first-order chi connectivity index (χ1) is 10.2. The second-order valence-electron chi connectivity index (χ2n) is 5.26. The van der Waals surface area contributed by atoms with Gasteiger partial charge < -0.3 is 0 Å². The number of amides is 1. The number of pyridine rings is 2. The van der Waals surface area contributed by atoms with Gasteiger partial charge in [-0.3, -0.25) is 19.7 Å². The lowest BCUT2D eigenvalue weighted by molar-refractivity contribution is 0.100. The third-order valence-corrected chi connectivity index (χ3v) is 3.87. The number of anilines is 2. The van der Waals surface area contributed by atoms with E-state index in [0.29, 0.717) is 5.56 Å². The van der Waals surface area contributed by atoms with Crippen molar-refractivity contribution in [2.24, 2.45) is 0 Å². The van der Waals surface area contributed by atoms with Gasteiger partial charge in [0, 0.05) is 28.9 Å². The molecule has 1 aliphatic heterocycles. The SMILES string of the molecule is Cc1ccc(N2C(=O)c3cncc4cccc2c34)c(C)n1. The molecule has 4 heteroatoms. The van der Waals surface area contributed by atoms with E-state index in [0.717, 1.165) is 33.5 Å². The summed E-state index contributed by atoms with van der Waals surface area (Å²) in [5.74, 6) is -0.0388. The fourth-order valence-corrected chi connectivity index (χ4v) is 2.95. The minimum atomic E-state index is -0.0388. The van der Waals surface area contributed by atoms with E-state index in [1.165, 1.54) is 0 Å². The summed E-state index contributed by atoms with van der Waals surface area (Å²) >= 11 is 0. The van der Waals surface area contributed by atoms with Crippen LogP contribution < -0.4 is 4.90 Å². The highest BCUT2D eigenvalue weighted by atomic mass is 16.2. The number of aromatic nitrogens is 2. The normalized spacial score (nSPS) is 13.2. The number of nitrogens with zero attached hydrogens (tertiary/aromatic N) is 3. The predicted molar refractivity (Wildman–Crippen MR) is 81.9 cm³/mol. The lowest BCUT2D eigenvalue weighted by Gasteiger charge is -2.19. The first-order valence-corrected chi connectivity index (χ1v) is 6.82. The molecule has 0 unspecified atom stereocenters. The summed E-state index contributed by atoms with van der Waals surface area (Å²) in [5.41, 5.74) is 4.18. The highest BCUT2D eigenvalue weighted by Gasteiger charge is 2.32. The van der Waals surface area contributed by atoms with E-state index in [-0.39, 0.29) is 5.91 Å². The molecule has 0 bridgehead atoms. The van der Waals surface area contributed by atoms with E-state index in [9.17, 15) is 4.79 Å². The van der Waals surface area contributed by atoms with Gasteiger partial charge in [-0.2, -0.15) is 0 Å². The first-order valence-electron chi connectivity index (χ1n) is 6.82. The van der Waals surface area contributed by atoms with Crippen molar-refractivity contribution in [1.82, 2.24) is 9.97 Å². The highest BCUT2D eigenvalue weighted by Crippen LogP contribution is 2.41. The van der Waals surface area contributed by atoms with Crippen molar-refractivity contribution in [1.29, 1.82) is 0 Å². The molecule has 1 amide bonds. The number of hydrogen-bond acceptors (Lipinski definition) is 3. The molecule has 21 heavy (non-hydrogen) atoms. The molecule has 3 aromatic rings. The number of carbonyl (C=O) groups is 1. The van der Waals surface area contributed by atoms with Crippen LogP contribution in [0, 0.1) is 13.8 Å². The van der Waals surface area contributed by atoms with Gasteiger partial charge >= 0.3 is 0 Å². The van der Waals surface area contributed by atoms with Crippen molar-refractivity contribution in [2.75, 3.05) is 4.90 Å². The fraction of sp³-hybridized carbons (Fsp3) is 0.118. The molecule has 0 spiro atoms. The summed E-state index contributed by atoms with van der Waals surface area (Å²) in [6, 6.07) is 9.78. The summed E-state index contributed by atoms with van der Waals surface area (Å²) in [6.45, 7) is 3.87. The molecule has 0 radical (unpaired) electrons. The van der Waals surface area contributed by atoms with Crippen LogP contribution in [0.2, 0.25) is 0 Å². The quantitative estimate of drug-likeness (QED) is 0.682. The Bertz CT molecular complexity index is 896. The molecule has 1 aromatic carbocycles. The molecule has 0 aliphatic carbocycles. The zero-order valence-corrected chi connectivity index (χ0v) is 11.8. The summed E-state index contributed by atoms with van der Waals surface area (Å²) in [7, 11) is 0. The zero-order valence-electron chi connectivity index (χ0n) is 11.8. The van der Waals surface area contributed by atoms with Crippen molar-refractivity contribution >= 4 is 28.1 Å². The maximum absolute atomic E-state index is 12.8. The molecular weight excluding hydrogens is 262 g/mol. The summed E-state index contributed by atoms with van der Waals surface area (Å²) in [5, 5.41) is 1.95. The molecule has 0 saturated heterocycles. The van der Waals surface area contributed by atoms with E-state index >= 15 is 0 Å². The van der Waals surface area contributed by atoms with Crippen LogP contribution in [0.15, 0.2) is 42.7 Å². The number of aryl methyl sites for hydroxylation is 2. The zero-order chi connectivity index (χ0) is 14.6. The summed E-state index contributed by atoms with van der Waals surface area (Å²) in [4.78, 5) is 23.1. The Morgan fingerprint density at radius 2 is 1.86 bits per heavy atom. The van der Waals surface area contributed by atoms with E-state index in [2.05, 4.69) is 9.97 Å². The van der Waals surface area contributed by atoms with Gasteiger partial charge in [-0.25, -0.2) is 0 Å². The van der Waals surface area contributed by atoms with Crippen molar-refractivity contribution in [2.45, 2.75) is 13.8 Å². The Hall–Kier alpha value is -2.75. The minimum Gasteiger partial charge on any atom is -0.274 e. The Labute approximate surface area is 122 Å². The average molecular weight is 275 g/mol. The molecule has 0 saturated carbocycles. The Balaban J connectivity index is 2.01. The second kappa shape index (κ2) is 4.12. The van der Waals surface area contributed by atoms with Crippen LogP contribution in [0.1, 0.15) is 21.7 Å². The van der Waals surface area contributed by atoms with Crippen LogP contribution in [-0.4, -0.2) is 15.9 Å². The van der Waals surface area contributed by atoms with Crippen LogP contribution >= 0.6 is 0 Å². The third kappa shape index (κ3) is 1.59. The lowest BCUT2D eigenvalue weighted by atomic mass is 10.1. The van der Waals surface area contributed by atoms with E-state index < -0.39 is 0 Å². The lowest BCUT2D eigenvalue weighted by Crippen LogP contribution is -2.22. The van der Waals surface area contributed by atoms with Crippen molar-refractivity contribution < 1.29 is 4.79 Å². The topological polar surface area (TPSA) is 46.1 Å². The molecule has 1 aliphatic rings. The first kappa shape index (κ1) is 12.0. The van der Waals surface area contributed by atoms with Gasteiger partial charge in [0.25, 0.3) is 5.91 Å². The van der Waals surface area contributed by atoms with Gasteiger partial charge in [0.05, 0.1) is 22.6 Å². The van der Waals surface area contributed by atoms with E-state index in [4.69, 9.17) is 0 Å². The Kier molecular flexibility index (Phi) is 2.36. The fourth-order valence-electron chi connectivity index (χ4n) is 2.95. The molecular formula is C17H13N3O. The average Bonchev–Trinajstić information content (AvgIpc) is 2.75. The molecule has 102 valence electrons. The molecule has 2 aromatic heterocycles. The molecule has 4 nitrogen and oxygen atoms in total.